The number of carbonyl (C=O) groups excluding carboxylic acids is 2. The number of rotatable bonds is 3. The van der Waals surface area contributed by atoms with E-state index in [2.05, 4.69) is 5.32 Å². The fraction of sp³-hybridized carbons (Fsp3) is 0.333. The first-order valence-corrected chi connectivity index (χ1v) is 5.16. The van der Waals surface area contributed by atoms with Crippen molar-refractivity contribution in [2.24, 2.45) is 0 Å². The second-order valence-electron chi connectivity index (χ2n) is 3.93. The number of aryl methyl sites for hydroxylation is 1. The van der Waals surface area contributed by atoms with Crippen molar-refractivity contribution in [3.63, 3.8) is 0 Å². The molecule has 1 rings (SSSR count). The van der Waals surface area contributed by atoms with Gasteiger partial charge in [0.2, 0.25) is 5.91 Å². The van der Waals surface area contributed by atoms with Gasteiger partial charge in [0.05, 0.1) is 6.54 Å². The van der Waals surface area contributed by atoms with Crippen molar-refractivity contribution in [2.45, 2.75) is 6.92 Å². The quantitative estimate of drug-likeness (QED) is 0.852. The molecule has 0 heterocycles. The van der Waals surface area contributed by atoms with Crippen molar-refractivity contribution in [1.29, 1.82) is 0 Å². The summed E-state index contributed by atoms with van der Waals surface area (Å²) in [6, 6.07) is 4.07. The Kier molecular flexibility index (Phi) is 4.20. The summed E-state index contributed by atoms with van der Waals surface area (Å²) >= 11 is 0. The van der Waals surface area contributed by atoms with E-state index in [0.29, 0.717) is 11.1 Å². The number of nitrogens with one attached hydrogen (secondary N) is 1. The molecule has 1 aromatic rings. The van der Waals surface area contributed by atoms with E-state index in [4.69, 9.17) is 0 Å². The van der Waals surface area contributed by atoms with Gasteiger partial charge in [-0.3, -0.25) is 9.59 Å². The normalized spacial score (nSPS) is 9.88. The largest absolute Gasteiger partial charge is 0.347 e. The highest BCUT2D eigenvalue weighted by Gasteiger charge is 2.10. The monoisotopic (exact) mass is 238 g/mol. The number of benzene rings is 1. The summed E-state index contributed by atoms with van der Waals surface area (Å²) in [5.74, 6) is -0.939. The van der Waals surface area contributed by atoms with Crippen LogP contribution in [-0.2, 0) is 4.79 Å². The molecule has 2 amide bonds. The van der Waals surface area contributed by atoms with Crippen LogP contribution in [0.2, 0.25) is 0 Å². The molecule has 1 N–H and O–H groups in total. The average molecular weight is 238 g/mol. The summed E-state index contributed by atoms with van der Waals surface area (Å²) < 4.78 is 13.0. The minimum atomic E-state index is -0.386. The summed E-state index contributed by atoms with van der Waals surface area (Å²) in [6.45, 7) is 1.51. The van der Waals surface area contributed by atoms with Crippen molar-refractivity contribution in [1.82, 2.24) is 10.2 Å². The highest BCUT2D eigenvalue weighted by atomic mass is 19.1. The van der Waals surface area contributed by atoms with Gasteiger partial charge in [0.25, 0.3) is 5.91 Å². The van der Waals surface area contributed by atoms with Crippen LogP contribution in [0.5, 0.6) is 0 Å². The van der Waals surface area contributed by atoms with Crippen LogP contribution in [0, 0.1) is 12.7 Å². The molecule has 0 spiro atoms. The Labute approximate surface area is 99.4 Å². The smallest absolute Gasteiger partial charge is 0.251 e. The van der Waals surface area contributed by atoms with Crippen molar-refractivity contribution >= 4 is 11.8 Å². The van der Waals surface area contributed by atoms with E-state index in [1.54, 1.807) is 21.0 Å². The third-order valence-electron chi connectivity index (χ3n) is 2.32. The van der Waals surface area contributed by atoms with Gasteiger partial charge in [-0.05, 0) is 30.7 Å². The first-order valence-electron chi connectivity index (χ1n) is 5.16. The van der Waals surface area contributed by atoms with Gasteiger partial charge in [-0.15, -0.1) is 0 Å². The zero-order chi connectivity index (χ0) is 13.0. The Balaban J connectivity index is 2.64. The number of hydrogen-bond donors (Lipinski definition) is 1. The Morgan fingerprint density at radius 1 is 1.35 bits per heavy atom. The number of likely N-dealkylation sites (N-methyl/N-ethyl adjacent to an activating group) is 1. The van der Waals surface area contributed by atoms with Gasteiger partial charge in [0, 0.05) is 19.7 Å². The molecule has 0 radical (unpaired) electrons. The van der Waals surface area contributed by atoms with Crippen LogP contribution in [0.4, 0.5) is 4.39 Å². The standard InChI is InChI=1S/C12H15FN2O2/c1-8-6-9(4-5-10(8)13)12(17)14-7-11(16)15(2)3/h4-6H,7H2,1-3H3,(H,14,17). The summed E-state index contributed by atoms with van der Waals surface area (Å²) in [5.41, 5.74) is 0.743. The minimum absolute atomic E-state index is 0.0672. The van der Waals surface area contributed by atoms with Gasteiger partial charge < -0.3 is 10.2 Å². The Morgan fingerprint density at radius 3 is 2.53 bits per heavy atom. The predicted molar refractivity (Wildman–Crippen MR) is 62.2 cm³/mol. The Hall–Kier alpha value is -1.91. The molecule has 1 aromatic carbocycles. The van der Waals surface area contributed by atoms with Crippen LogP contribution in [0.15, 0.2) is 18.2 Å². The summed E-state index contributed by atoms with van der Waals surface area (Å²) in [5, 5.41) is 2.47. The highest BCUT2D eigenvalue weighted by Crippen LogP contribution is 2.08. The molecule has 0 aliphatic carbocycles. The molecule has 17 heavy (non-hydrogen) atoms. The van der Waals surface area contributed by atoms with Gasteiger partial charge in [0.1, 0.15) is 5.82 Å². The molecule has 0 saturated carbocycles. The Bertz CT molecular complexity index is 444. The van der Waals surface area contributed by atoms with Gasteiger partial charge in [-0.1, -0.05) is 0 Å². The van der Waals surface area contributed by atoms with Gasteiger partial charge in [-0.2, -0.15) is 0 Å². The molecule has 0 atom stereocenters. The molecular weight excluding hydrogens is 223 g/mol. The predicted octanol–water partition coefficient (Wildman–Crippen LogP) is 0.952. The maximum Gasteiger partial charge on any atom is 0.251 e. The number of halogens is 1. The molecule has 0 aliphatic heterocycles. The second-order valence-corrected chi connectivity index (χ2v) is 3.93. The van der Waals surface area contributed by atoms with E-state index in [1.165, 1.54) is 23.1 Å². The topological polar surface area (TPSA) is 49.4 Å². The van der Waals surface area contributed by atoms with Crippen molar-refractivity contribution in [3.05, 3.63) is 35.1 Å². The highest BCUT2D eigenvalue weighted by molar-refractivity contribution is 5.96. The van der Waals surface area contributed by atoms with E-state index in [1.807, 2.05) is 0 Å². The maximum absolute atomic E-state index is 13.0. The molecule has 4 nitrogen and oxygen atoms in total. The van der Waals surface area contributed by atoms with Crippen LogP contribution in [0.3, 0.4) is 0 Å². The van der Waals surface area contributed by atoms with E-state index >= 15 is 0 Å². The lowest BCUT2D eigenvalue weighted by Crippen LogP contribution is -2.36. The molecule has 5 heteroatoms. The lowest BCUT2D eigenvalue weighted by molar-refractivity contribution is -0.127. The third-order valence-corrected chi connectivity index (χ3v) is 2.32. The van der Waals surface area contributed by atoms with Crippen LogP contribution < -0.4 is 5.32 Å². The van der Waals surface area contributed by atoms with Crippen LogP contribution in [0.1, 0.15) is 15.9 Å². The number of amides is 2. The molecule has 0 aromatic heterocycles. The lowest BCUT2D eigenvalue weighted by atomic mass is 10.1. The summed E-state index contributed by atoms with van der Waals surface area (Å²) in [7, 11) is 3.22. The zero-order valence-electron chi connectivity index (χ0n) is 10.1. The van der Waals surface area contributed by atoms with Gasteiger partial charge in [0.15, 0.2) is 0 Å². The van der Waals surface area contributed by atoms with Crippen molar-refractivity contribution < 1.29 is 14.0 Å². The van der Waals surface area contributed by atoms with E-state index in [-0.39, 0.29) is 24.2 Å². The Morgan fingerprint density at radius 2 is 2.00 bits per heavy atom. The number of carbonyl (C=O) groups is 2. The molecule has 0 aliphatic rings. The molecule has 0 saturated heterocycles. The average Bonchev–Trinajstić information content (AvgIpc) is 2.28. The second kappa shape index (κ2) is 5.43. The number of hydrogen-bond acceptors (Lipinski definition) is 2. The molecular formula is C12H15FN2O2. The van der Waals surface area contributed by atoms with E-state index < -0.39 is 0 Å². The summed E-state index contributed by atoms with van der Waals surface area (Å²) in [4.78, 5) is 24.3. The van der Waals surface area contributed by atoms with E-state index in [0.717, 1.165) is 0 Å². The van der Waals surface area contributed by atoms with Crippen LogP contribution >= 0.6 is 0 Å². The minimum Gasteiger partial charge on any atom is -0.347 e. The fourth-order valence-corrected chi connectivity index (χ4v) is 1.20. The maximum atomic E-state index is 13.0. The lowest BCUT2D eigenvalue weighted by Gasteiger charge is -2.11. The van der Waals surface area contributed by atoms with Crippen LogP contribution in [-0.4, -0.2) is 37.4 Å². The van der Waals surface area contributed by atoms with Gasteiger partial charge >= 0.3 is 0 Å². The zero-order valence-corrected chi connectivity index (χ0v) is 10.1. The fourth-order valence-electron chi connectivity index (χ4n) is 1.20. The first-order chi connectivity index (χ1) is 7.91. The molecule has 0 fully saturated rings. The van der Waals surface area contributed by atoms with Crippen LogP contribution in [0.25, 0.3) is 0 Å². The first kappa shape index (κ1) is 13.2. The molecule has 92 valence electrons. The number of nitrogens with zero attached hydrogens (tertiary/aromatic N) is 1. The molecule has 0 unspecified atom stereocenters. The van der Waals surface area contributed by atoms with E-state index in [9.17, 15) is 14.0 Å². The van der Waals surface area contributed by atoms with Gasteiger partial charge in [-0.25, -0.2) is 4.39 Å². The third kappa shape index (κ3) is 3.55. The summed E-state index contributed by atoms with van der Waals surface area (Å²) in [6.07, 6.45) is 0. The SMILES string of the molecule is Cc1cc(C(=O)NCC(=O)N(C)C)ccc1F. The van der Waals surface area contributed by atoms with Crippen molar-refractivity contribution in [3.8, 4) is 0 Å². The molecule has 0 bridgehead atoms. The van der Waals surface area contributed by atoms with Crippen molar-refractivity contribution in [2.75, 3.05) is 20.6 Å².